The molecule has 5 heteroatoms. The molecule has 1 N–H and O–H groups in total. The highest BCUT2D eigenvalue weighted by Gasteiger charge is 2.41. The largest absolute Gasteiger partial charge is 0.497 e. The summed E-state index contributed by atoms with van der Waals surface area (Å²) in [6.45, 7) is 7.12. The molecule has 0 saturated carbocycles. The maximum absolute atomic E-state index is 13.4. The predicted octanol–water partition coefficient (Wildman–Crippen LogP) is 4.48. The summed E-state index contributed by atoms with van der Waals surface area (Å²) in [5.41, 5.74) is 2.16. The first-order chi connectivity index (χ1) is 13.4. The summed E-state index contributed by atoms with van der Waals surface area (Å²) in [6.07, 6.45) is 1.41. The molecule has 1 fully saturated rings. The molecule has 1 heterocycles. The van der Waals surface area contributed by atoms with Crippen molar-refractivity contribution in [1.29, 1.82) is 0 Å². The monoisotopic (exact) mass is 383 g/mol. The number of nitrogens with one attached hydrogen (secondary N) is 1. The molecular formula is C23H29NO4. The maximum atomic E-state index is 13.4. The first-order valence-electron chi connectivity index (χ1n) is 9.75. The number of amides is 1. The summed E-state index contributed by atoms with van der Waals surface area (Å²) in [7, 11) is 1.64. The number of hydrogen-bond donors (Lipinski definition) is 1. The molecule has 1 aliphatic heterocycles. The van der Waals surface area contributed by atoms with Crippen molar-refractivity contribution in [3.05, 3.63) is 53.6 Å². The van der Waals surface area contributed by atoms with Gasteiger partial charge in [0, 0.05) is 18.9 Å². The predicted molar refractivity (Wildman–Crippen MR) is 110 cm³/mol. The molecule has 28 heavy (non-hydrogen) atoms. The van der Waals surface area contributed by atoms with Crippen LogP contribution in [0, 0.1) is 6.92 Å². The molecule has 2 aromatic rings. The first-order valence-corrected chi connectivity index (χ1v) is 9.75. The van der Waals surface area contributed by atoms with E-state index in [9.17, 15) is 4.79 Å². The van der Waals surface area contributed by atoms with Crippen LogP contribution in [-0.4, -0.2) is 32.3 Å². The molecule has 5 nitrogen and oxygen atoms in total. The summed E-state index contributed by atoms with van der Waals surface area (Å²) in [4.78, 5) is 13.4. The minimum atomic E-state index is -0.606. The lowest BCUT2D eigenvalue weighted by Crippen LogP contribution is -2.44. The van der Waals surface area contributed by atoms with Gasteiger partial charge in [0.15, 0.2) is 0 Å². The average Bonchev–Trinajstić information content (AvgIpc) is 2.70. The number of anilines is 1. The van der Waals surface area contributed by atoms with Gasteiger partial charge in [-0.2, -0.15) is 0 Å². The molecule has 0 radical (unpaired) electrons. The number of rotatable bonds is 6. The Morgan fingerprint density at radius 3 is 2.36 bits per heavy atom. The van der Waals surface area contributed by atoms with Gasteiger partial charge in [0.1, 0.15) is 11.5 Å². The molecule has 1 aliphatic rings. The molecule has 1 saturated heterocycles. The zero-order valence-corrected chi connectivity index (χ0v) is 17.1. The van der Waals surface area contributed by atoms with Gasteiger partial charge >= 0.3 is 0 Å². The van der Waals surface area contributed by atoms with Crippen LogP contribution in [0.2, 0.25) is 0 Å². The quantitative estimate of drug-likeness (QED) is 0.799. The lowest BCUT2D eigenvalue weighted by molar-refractivity contribution is -0.125. The van der Waals surface area contributed by atoms with Gasteiger partial charge in [-0.15, -0.1) is 0 Å². The summed E-state index contributed by atoms with van der Waals surface area (Å²) >= 11 is 0. The Balaban J connectivity index is 1.85. The third kappa shape index (κ3) is 4.30. The number of aryl methyl sites for hydroxylation is 1. The highest BCUT2D eigenvalue weighted by molar-refractivity contribution is 5.99. The lowest BCUT2D eigenvalue weighted by Gasteiger charge is -2.36. The van der Waals surface area contributed by atoms with Crippen molar-refractivity contribution >= 4 is 11.6 Å². The van der Waals surface area contributed by atoms with Gasteiger partial charge in [-0.25, -0.2) is 0 Å². The van der Waals surface area contributed by atoms with Crippen molar-refractivity contribution in [1.82, 2.24) is 0 Å². The van der Waals surface area contributed by atoms with Gasteiger partial charge in [0.2, 0.25) is 5.91 Å². The van der Waals surface area contributed by atoms with Gasteiger partial charge in [0.05, 0.1) is 18.6 Å². The zero-order valence-electron chi connectivity index (χ0n) is 17.1. The Labute approximate surface area is 167 Å². The second-order valence-electron chi connectivity index (χ2n) is 7.52. The molecule has 0 atom stereocenters. The molecule has 1 amide bonds. The fraction of sp³-hybridized carbons (Fsp3) is 0.435. The topological polar surface area (TPSA) is 56.8 Å². The van der Waals surface area contributed by atoms with E-state index in [0.717, 1.165) is 28.3 Å². The number of benzene rings is 2. The highest BCUT2D eigenvalue weighted by atomic mass is 16.5. The van der Waals surface area contributed by atoms with Crippen LogP contribution >= 0.6 is 0 Å². The molecule has 0 bridgehead atoms. The first kappa shape index (κ1) is 20.2. The number of ether oxygens (including phenoxy) is 3. The Morgan fingerprint density at radius 2 is 1.79 bits per heavy atom. The van der Waals surface area contributed by atoms with Crippen LogP contribution in [0.1, 0.15) is 37.8 Å². The Morgan fingerprint density at radius 1 is 1.11 bits per heavy atom. The van der Waals surface area contributed by atoms with Crippen LogP contribution in [0.5, 0.6) is 11.5 Å². The zero-order chi connectivity index (χ0) is 20.1. The van der Waals surface area contributed by atoms with Gasteiger partial charge in [-0.05, 0) is 75.1 Å². The molecule has 150 valence electrons. The van der Waals surface area contributed by atoms with E-state index in [4.69, 9.17) is 14.2 Å². The van der Waals surface area contributed by atoms with Crippen molar-refractivity contribution in [3.63, 3.8) is 0 Å². The minimum absolute atomic E-state index is 0.00195. The van der Waals surface area contributed by atoms with E-state index in [-0.39, 0.29) is 12.0 Å². The van der Waals surface area contributed by atoms with E-state index in [0.29, 0.717) is 26.1 Å². The van der Waals surface area contributed by atoms with Crippen LogP contribution in [0.25, 0.3) is 0 Å². The van der Waals surface area contributed by atoms with Gasteiger partial charge < -0.3 is 19.5 Å². The smallest absolute Gasteiger partial charge is 0.235 e. The van der Waals surface area contributed by atoms with Gasteiger partial charge in [0.25, 0.3) is 0 Å². The Bertz CT molecular complexity index is 808. The standard InChI is InChI=1S/C23H29NO4/c1-16(2)28-21-10-7-19(15-17(21)3)24-22(25)23(11-13-27-14-12-23)18-5-8-20(26-4)9-6-18/h5-10,15-16H,11-14H2,1-4H3,(H,24,25). The average molecular weight is 383 g/mol. The summed E-state index contributed by atoms with van der Waals surface area (Å²) in [5.74, 6) is 1.62. The second-order valence-corrected chi connectivity index (χ2v) is 7.52. The third-order valence-electron chi connectivity index (χ3n) is 5.22. The van der Waals surface area contributed by atoms with Crippen molar-refractivity contribution < 1.29 is 19.0 Å². The molecule has 0 unspecified atom stereocenters. The summed E-state index contributed by atoms with van der Waals surface area (Å²) in [5, 5.41) is 3.12. The van der Waals surface area contributed by atoms with Crippen LogP contribution in [-0.2, 0) is 14.9 Å². The number of carbonyl (C=O) groups excluding carboxylic acids is 1. The van der Waals surface area contributed by atoms with E-state index in [2.05, 4.69) is 5.32 Å². The van der Waals surface area contributed by atoms with Gasteiger partial charge in [-0.1, -0.05) is 12.1 Å². The molecule has 0 aromatic heterocycles. The molecule has 0 spiro atoms. The van der Waals surface area contributed by atoms with E-state index >= 15 is 0 Å². The molecule has 2 aromatic carbocycles. The normalized spacial score (nSPS) is 15.9. The number of hydrogen-bond acceptors (Lipinski definition) is 4. The van der Waals surface area contributed by atoms with Crippen LogP contribution < -0.4 is 14.8 Å². The maximum Gasteiger partial charge on any atom is 0.235 e. The van der Waals surface area contributed by atoms with Crippen LogP contribution in [0.15, 0.2) is 42.5 Å². The van der Waals surface area contributed by atoms with E-state index in [1.807, 2.05) is 63.2 Å². The highest BCUT2D eigenvalue weighted by Crippen LogP contribution is 2.37. The summed E-state index contributed by atoms with van der Waals surface area (Å²) < 4.78 is 16.6. The van der Waals surface area contributed by atoms with Crippen molar-refractivity contribution in [2.45, 2.75) is 45.1 Å². The summed E-state index contributed by atoms with van der Waals surface area (Å²) in [6, 6.07) is 13.5. The molecule has 0 aliphatic carbocycles. The fourth-order valence-electron chi connectivity index (χ4n) is 3.64. The fourth-order valence-corrected chi connectivity index (χ4v) is 3.64. The van der Waals surface area contributed by atoms with Crippen molar-refractivity contribution in [2.75, 3.05) is 25.6 Å². The number of carbonyl (C=O) groups is 1. The third-order valence-corrected chi connectivity index (χ3v) is 5.22. The minimum Gasteiger partial charge on any atom is -0.497 e. The Hall–Kier alpha value is -2.53. The van der Waals surface area contributed by atoms with Crippen LogP contribution in [0.3, 0.4) is 0 Å². The second kappa shape index (κ2) is 8.65. The van der Waals surface area contributed by atoms with E-state index in [1.165, 1.54) is 0 Å². The van der Waals surface area contributed by atoms with Gasteiger partial charge in [-0.3, -0.25) is 4.79 Å². The lowest BCUT2D eigenvalue weighted by atomic mass is 9.73. The molecule has 3 rings (SSSR count). The van der Waals surface area contributed by atoms with E-state index in [1.54, 1.807) is 7.11 Å². The SMILES string of the molecule is COc1ccc(C2(C(=O)Nc3ccc(OC(C)C)c(C)c3)CCOCC2)cc1. The number of methoxy groups -OCH3 is 1. The van der Waals surface area contributed by atoms with Crippen molar-refractivity contribution in [3.8, 4) is 11.5 Å². The van der Waals surface area contributed by atoms with Crippen molar-refractivity contribution in [2.24, 2.45) is 0 Å². The van der Waals surface area contributed by atoms with Crippen LogP contribution in [0.4, 0.5) is 5.69 Å². The molecular weight excluding hydrogens is 354 g/mol. The van der Waals surface area contributed by atoms with E-state index < -0.39 is 5.41 Å². The Kier molecular flexibility index (Phi) is 6.25.